The van der Waals surface area contributed by atoms with Gasteiger partial charge in [-0.2, -0.15) is 0 Å². The van der Waals surface area contributed by atoms with Gasteiger partial charge in [0.15, 0.2) is 17.3 Å². The Morgan fingerprint density at radius 3 is 2.21 bits per heavy atom. The number of hydrogen-bond donors (Lipinski definition) is 1. The highest BCUT2D eigenvalue weighted by Gasteiger charge is 2.43. The minimum atomic E-state index is -3.72. The van der Waals surface area contributed by atoms with Crippen molar-refractivity contribution in [1.82, 2.24) is 0 Å². The van der Waals surface area contributed by atoms with Gasteiger partial charge in [0, 0.05) is 25.1 Å². The summed E-state index contributed by atoms with van der Waals surface area (Å²) in [5.74, 6) is 0.874. The van der Waals surface area contributed by atoms with Crippen LogP contribution >= 0.6 is 7.37 Å². The maximum atomic E-state index is 14.7. The van der Waals surface area contributed by atoms with Crippen LogP contribution in [0.5, 0.6) is 11.5 Å². The Morgan fingerprint density at radius 2 is 1.65 bits per heavy atom. The molecule has 1 aliphatic rings. The van der Waals surface area contributed by atoms with Crippen molar-refractivity contribution in [1.29, 1.82) is 0 Å². The largest absolute Gasteiger partial charge is 0.493 e. The summed E-state index contributed by atoms with van der Waals surface area (Å²) >= 11 is 0. The van der Waals surface area contributed by atoms with Crippen LogP contribution < -0.4 is 19.7 Å². The molecule has 2 aromatic rings. The van der Waals surface area contributed by atoms with E-state index in [2.05, 4.69) is 20.8 Å². The third-order valence-electron chi connectivity index (χ3n) is 7.01. The van der Waals surface area contributed by atoms with E-state index >= 15 is 0 Å². The zero-order chi connectivity index (χ0) is 25.0. The van der Waals surface area contributed by atoms with Crippen molar-refractivity contribution in [2.24, 2.45) is 17.8 Å². The summed E-state index contributed by atoms with van der Waals surface area (Å²) in [6, 6.07) is 12.6. The van der Waals surface area contributed by atoms with Gasteiger partial charge in [-0.25, -0.2) is 0 Å². The Kier molecular flexibility index (Phi) is 8.72. The van der Waals surface area contributed by atoms with Crippen LogP contribution in [0, 0.1) is 17.8 Å². The summed E-state index contributed by atoms with van der Waals surface area (Å²) in [6.07, 6.45) is 2.83. The topological polar surface area (TPSA) is 68.2 Å². The molecular weight excluding hydrogens is 449 g/mol. The van der Waals surface area contributed by atoms with Crippen molar-refractivity contribution >= 4 is 18.4 Å². The van der Waals surface area contributed by atoms with Gasteiger partial charge in [0.2, 0.25) is 0 Å². The van der Waals surface area contributed by atoms with Crippen LogP contribution in [-0.4, -0.2) is 39.5 Å². The van der Waals surface area contributed by atoms with Gasteiger partial charge in [-0.15, -0.1) is 0 Å². The van der Waals surface area contributed by atoms with Gasteiger partial charge in [-0.3, -0.25) is 4.57 Å². The highest BCUT2D eigenvalue weighted by molar-refractivity contribution is 7.67. The maximum Gasteiger partial charge on any atom is 0.264 e. The van der Waals surface area contributed by atoms with Crippen molar-refractivity contribution in [2.75, 3.05) is 33.2 Å². The number of aliphatic hydroxyl groups is 1. The molecule has 0 saturated heterocycles. The van der Waals surface area contributed by atoms with Crippen LogP contribution in [-0.2, 0) is 9.09 Å². The average Bonchev–Trinajstić information content (AvgIpc) is 2.82. The molecule has 34 heavy (non-hydrogen) atoms. The first kappa shape index (κ1) is 26.6. The van der Waals surface area contributed by atoms with E-state index < -0.39 is 13.2 Å². The quantitative estimate of drug-likeness (QED) is 0.446. The van der Waals surface area contributed by atoms with Crippen LogP contribution in [0.3, 0.4) is 0 Å². The van der Waals surface area contributed by atoms with Gasteiger partial charge in [0.25, 0.3) is 7.37 Å². The Balaban J connectivity index is 2.07. The van der Waals surface area contributed by atoms with E-state index in [0.717, 1.165) is 24.9 Å². The van der Waals surface area contributed by atoms with Gasteiger partial charge in [0.05, 0.1) is 20.3 Å². The SMILES string of the molecule is COc1ccc([C@H](O)[P@@](=O)(O[C@@H]2C[C@@H](C)CC[C@@H]2C(C)C)c2ccc(N(C)C)cc2)cc1OC. The lowest BCUT2D eigenvalue weighted by atomic mass is 9.75. The van der Waals surface area contributed by atoms with Gasteiger partial charge >= 0.3 is 0 Å². The van der Waals surface area contributed by atoms with E-state index in [9.17, 15) is 9.67 Å². The number of aliphatic hydroxyl groups excluding tert-OH is 1. The summed E-state index contributed by atoms with van der Waals surface area (Å²) in [6.45, 7) is 6.60. The monoisotopic (exact) mass is 489 g/mol. The molecule has 1 aliphatic carbocycles. The molecule has 188 valence electrons. The van der Waals surface area contributed by atoms with Crippen molar-refractivity contribution < 1.29 is 23.7 Å². The molecule has 0 heterocycles. The summed E-state index contributed by atoms with van der Waals surface area (Å²) < 4.78 is 32.1. The number of rotatable bonds is 9. The highest BCUT2D eigenvalue weighted by atomic mass is 31.2. The molecule has 0 aromatic heterocycles. The molecule has 1 fully saturated rings. The van der Waals surface area contributed by atoms with Gasteiger partial charge in [-0.05, 0) is 72.6 Å². The fraction of sp³-hybridized carbons (Fsp3) is 0.556. The summed E-state index contributed by atoms with van der Waals surface area (Å²) in [7, 11) is 3.30. The van der Waals surface area contributed by atoms with E-state index in [0.29, 0.717) is 40.1 Å². The van der Waals surface area contributed by atoms with Crippen molar-refractivity contribution in [3.63, 3.8) is 0 Å². The molecule has 3 rings (SSSR count). The zero-order valence-corrected chi connectivity index (χ0v) is 22.4. The summed E-state index contributed by atoms with van der Waals surface area (Å²) in [4.78, 5) is 1.98. The van der Waals surface area contributed by atoms with Crippen LogP contribution in [0.2, 0.25) is 0 Å². The van der Waals surface area contributed by atoms with Crippen LogP contribution in [0.25, 0.3) is 0 Å². The normalized spacial score (nSPS) is 23.3. The lowest BCUT2D eigenvalue weighted by molar-refractivity contribution is 0.0427. The number of benzene rings is 2. The first-order valence-electron chi connectivity index (χ1n) is 12.1. The molecule has 6 nitrogen and oxygen atoms in total. The second kappa shape index (κ2) is 11.2. The molecule has 1 N–H and O–H groups in total. The molecule has 5 atom stereocenters. The number of nitrogens with zero attached hydrogens (tertiary/aromatic N) is 1. The maximum absolute atomic E-state index is 14.7. The summed E-state index contributed by atoms with van der Waals surface area (Å²) in [5.41, 5.74) is 1.46. The van der Waals surface area contributed by atoms with E-state index in [4.69, 9.17) is 14.0 Å². The van der Waals surface area contributed by atoms with E-state index in [1.54, 1.807) is 32.4 Å². The predicted octanol–water partition coefficient (Wildman–Crippen LogP) is 5.84. The first-order valence-corrected chi connectivity index (χ1v) is 13.8. The third kappa shape index (κ3) is 5.62. The molecule has 0 unspecified atom stereocenters. The van der Waals surface area contributed by atoms with Crippen LogP contribution in [0.15, 0.2) is 42.5 Å². The number of hydrogen-bond acceptors (Lipinski definition) is 6. The lowest BCUT2D eigenvalue weighted by Crippen LogP contribution is -2.35. The van der Waals surface area contributed by atoms with Crippen molar-refractivity contribution in [3.8, 4) is 11.5 Å². The molecule has 0 bridgehead atoms. The Hall–Kier alpha value is -2.01. The summed E-state index contributed by atoms with van der Waals surface area (Å²) in [5, 5.41) is 12.1. The zero-order valence-electron chi connectivity index (χ0n) is 21.5. The van der Waals surface area contributed by atoms with E-state index in [1.165, 1.54) is 0 Å². The van der Waals surface area contributed by atoms with Gasteiger partial charge in [-0.1, -0.05) is 33.3 Å². The number of ether oxygens (including phenoxy) is 2. The second-order valence-corrected chi connectivity index (χ2v) is 12.4. The van der Waals surface area contributed by atoms with Crippen molar-refractivity contribution in [2.45, 2.75) is 52.0 Å². The Bertz CT molecular complexity index is 991. The fourth-order valence-electron chi connectivity index (χ4n) is 4.86. The highest BCUT2D eigenvalue weighted by Crippen LogP contribution is 2.61. The smallest absolute Gasteiger partial charge is 0.264 e. The molecule has 0 radical (unpaired) electrons. The van der Waals surface area contributed by atoms with Crippen molar-refractivity contribution in [3.05, 3.63) is 48.0 Å². The minimum Gasteiger partial charge on any atom is -0.493 e. The standard InChI is InChI=1S/C27H40NO5P/c1-18(2)23-14-8-19(3)16-25(23)33-34(30,22-12-10-21(11-13-22)28(4)5)27(29)20-9-15-24(31-6)26(17-20)32-7/h9-13,15,17-19,23,25,27,29H,8,14,16H2,1-7H3/t19-,23+,25+,27+,34-/m0/s1. The Morgan fingerprint density at radius 1 is 1.00 bits per heavy atom. The average molecular weight is 490 g/mol. The Labute approximate surface area is 204 Å². The first-order chi connectivity index (χ1) is 16.1. The molecule has 2 aromatic carbocycles. The van der Waals surface area contributed by atoms with Gasteiger partial charge < -0.3 is 24.0 Å². The predicted molar refractivity (Wildman–Crippen MR) is 139 cm³/mol. The molecule has 0 spiro atoms. The van der Waals surface area contributed by atoms with Gasteiger partial charge in [0.1, 0.15) is 0 Å². The minimum absolute atomic E-state index is 0.182. The van der Waals surface area contributed by atoms with Crippen LogP contribution in [0.4, 0.5) is 5.69 Å². The lowest BCUT2D eigenvalue weighted by Gasteiger charge is -2.40. The molecular formula is C27H40NO5P. The number of anilines is 1. The molecule has 0 aliphatic heterocycles. The van der Waals surface area contributed by atoms with Crippen LogP contribution in [0.1, 0.15) is 51.4 Å². The molecule has 1 saturated carbocycles. The second-order valence-electron chi connectivity index (χ2n) is 9.97. The fourth-order valence-corrected chi connectivity index (χ4v) is 7.15. The van der Waals surface area contributed by atoms with E-state index in [-0.39, 0.29) is 6.10 Å². The molecule has 7 heteroatoms. The third-order valence-corrected chi connectivity index (χ3v) is 9.55. The van der Waals surface area contributed by atoms with E-state index in [1.807, 2.05) is 43.3 Å². The molecule has 0 amide bonds. The number of methoxy groups -OCH3 is 2.